The summed E-state index contributed by atoms with van der Waals surface area (Å²) in [6.45, 7) is 5.31. The standard InChI is InChI=1S/C25H32N4O2/c1-26-25(31)23-12-10-22(11-13-23)19-27(2)20-24(30)29-17-15-28(16-18-29)14-6-9-21-7-4-3-5-8-21/h3-13H,14-20H2,1-2H3,(H,26,31)/b9-6+. The lowest BCUT2D eigenvalue weighted by Gasteiger charge is -2.35. The predicted octanol–water partition coefficient (Wildman–Crippen LogP) is 2.34. The Bertz CT molecular complexity index is 872. The monoisotopic (exact) mass is 420 g/mol. The van der Waals surface area contributed by atoms with E-state index in [9.17, 15) is 9.59 Å². The summed E-state index contributed by atoms with van der Waals surface area (Å²) in [6.07, 6.45) is 4.34. The Morgan fingerprint density at radius 3 is 2.32 bits per heavy atom. The van der Waals surface area contributed by atoms with Crippen molar-refractivity contribution in [1.82, 2.24) is 20.0 Å². The summed E-state index contributed by atoms with van der Waals surface area (Å²) in [6, 6.07) is 17.8. The maximum absolute atomic E-state index is 12.7. The van der Waals surface area contributed by atoms with Gasteiger partial charge in [-0.05, 0) is 30.3 Å². The molecule has 0 unspecified atom stereocenters. The number of nitrogens with one attached hydrogen (secondary N) is 1. The van der Waals surface area contributed by atoms with Crippen LogP contribution in [0.2, 0.25) is 0 Å². The van der Waals surface area contributed by atoms with Crippen molar-refractivity contribution in [2.24, 2.45) is 0 Å². The molecule has 1 aliphatic heterocycles. The largest absolute Gasteiger partial charge is 0.355 e. The van der Waals surface area contributed by atoms with Gasteiger partial charge in [-0.1, -0.05) is 54.6 Å². The van der Waals surface area contributed by atoms with E-state index in [2.05, 4.69) is 34.5 Å². The normalized spacial score (nSPS) is 14.9. The first kappa shape index (κ1) is 22.7. The summed E-state index contributed by atoms with van der Waals surface area (Å²) in [4.78, 5) is 30.7. The average molecular weight is 421 g/mol. The number of amides is 2. The topological polar surface area (TPSA) is 55.9 Å². The van der Waals surface area contributed by atoms with Gasteiger partial charge in [-0.2, -0.15) is 0 Å². The number of likely N-dealkylation sites (N-methyl/N-ethyl adjacent to an activating group) is 1. The first-order valence-electron chi connectivity index (χ1n) is 10.8. The van der Waals surface area contributed by atoms with E-state index in [-0.39, 0.29) is 11.8 Å². The Labute approximate surface area is 185 Å². The number of nitrogens with zero attached hydrogens (tertiary/aromatic N) is 3. The molecular formula is C25H32N4O2. The van der Waals surface area contributed by atoms with Crippen molar-refractivity contribution in [2.45, 2.75) is 6.54 Å². The van der Waals surface area contributed by atoms with Gasteiger partial charge >= 0.3 is 0 Å². The fourth-order valence-electron chi connectivity index (χ4n) is 3.69. The SMILES string of the molecule is CNC(=O)c1ccc(CN(C)CC(=O)N2CCN(C/C=C/c3ccccc3)CC2)cc1. The highest BCUT2D eigenvalue weighted by atomic mass is 16.2. The van der Waals surface area contributed by atoms with Crippen LogP contribution in [0.4, 0.5) is 0 Å². The Hall–Kier alpha value is -2.96. The number of carbonyl (C=O) groups is 2. The van der Waals surface area contributed by atoms with Crippen LogP contribution in [-0.2, 0) is 11.3 Å². The average Bonchev–Trinajstić information content (AvgIpc) is 2.80. The van der Waals surface area contributed by atoms with Gasteiger partial charge in [0.1, 0.15) is 0 Å². The van der Waals surface area contributed by atoms with Gasteiger partial charge in [-0.15, -0.1) is 0 Å². The fraction of sp³-hybridized carbons (Fsp3) is 0.360. The summed E-state index contributed by atoms with van der Waals surface area (Å²) in [5.74, 6) is 0.0775. The molecule has 6 heteroatoms. The third-order valence-corrected chi connectivity index (χ3v) is 5.50. The van der Waals surface area contributed by atoms with E-state index in [1.165, 1.54) is 5.56 Å². The third kappa shape index (κ3) is 7.05. The van der Waals surface area contributed by atoms with E-state index in [1.54, 1.807) is 7.05 Å². The van der Waals surface area contributed by atoms with Crippen molar-refractivity contribution in [3.05, 3.63) is 77.4 Å². The van der Waals surface area contributed by atoms with Crippen LogP contribution < -0.4 is 5.32 Å². The molecule has 0 aliphatic carbocycles. The lowest BCUT2D eigenvalue weighted by molar-refractivity contribution is -0.133. The minimum absolute atomic E-state index is 0.0928. The van der Waals surface area contributed by atoms with Gasteiger partial charge in [0, 0.05) is 51.9 Å². The molecule has 1 aliphatic rings. The van der Waals surface area contributed by atoms with Crippen LogP contribution in [0.15, 0.2) is 60.7 Å². The first-order valence-corrected chi connectivity index (χ1v) is 10.8. The first-order chi connectivity index (χ1) is 15.0. The molecule has 164 valence electrons. The molecule has 6 nitrogen and oxygen atoms in total. The molecule has 0 radical (unpaired) electrons. The van der Waals surface area contributed by atoms with Crippen molar-refractivity contribution >= 4 is 17.9 Å². The van der Waals surface area contributed by atoms with E-state index >= 15 is 0 Å². The molecule has 1 N–H and O–H groups in total. The van der Waals surface area contributed by atoms with Gasteiger partial charge < -0.3 is 10.2 Å². The van der Waals surface area contributed by atoms with Crippen LogP contribution in [0.3, 0.4) is 0 Å². The number of hydrogen-bond donors (Lipinski definition) is 1. The molecule has 0 aromatic heterocycles. The fourth-order valence-corrected chi connectivity index (χ4v) is 3.69. The third-order valence-electron chi connectivity index (χ3n) is 5.50. The van der Waals surface area contributed by atoms with Gasteiger partial charge in [0.25, 0.3) is 5.91 Å². The Morgan fingerprint density at radius 1 is 1.00 bits per heavy atom. The van der Waals surface area contributed by atoms with Crippen molar-refractivity contribution in [3.8, 4) is 0 Å². The van der Waals surface area contributed by atoms with Gasteiger partial charge in [0.2, 0.25) is 5.91 Å². The summed E-state index contributed by atoms with van der Waals surface area (Å²) in [7, 11) is 3.58. The minimum atomic E-state index is -0.0928. The molecule has 0 saturated carbocycles. The second kappa shape index (κ2) is 11.4. The smallest absolute Gasteiger partial charge is 0.251 e. The highest BCUT2D eigenvalue weighted by molar-refractivity contribution is 5.93. The molecule has 0 atom stereocenters. The van der Waals surface area contributed by atoms with Gasteiger partial charge in [0.05, 0.1) is 6.54 Å². The van der Waals surface area contributed by atoms with E-state index < -0.39 is 0 Å². The predicted molar refractivity (Wildman–Crippen MR) is 125 cm³/mol. The van der Waals surface area contributed by atoms with Crippen molar-refractivity contribution in [3.63, 3.8) is 0 Å². The van der Waals surface area contributed by atoms with Crippen LogP contribution >= 0.6 is 0 Å². The summed E-state index contributed by atoms with van der Waals surface area (Å²) < 4.78 is 0. The van der Waals surface area contributed by atoms with E-state index in [0.29, 0.717) is 18.7 Å². The van der Waals surface area contributed by atoms with Crippen LogP contribution in [-0.4, -0.2) is 79.9 Å². The quantitative estimate of drug-likeness (QED) is 0.712. The van der Waals surface area contributed by atoms with Gasteiger partial charge in [-0.25, -0.2) is 0 Å². The van der Waals surface area contributed by atoms with Crippen LogP contribution in [0.25, 0.3) is 6.08 Å². The zero-order valence-corrected chi connectivity index (χ0v) is 18.5. The van der Waals surface area contributed by atoms with E-state index in [0.717, 1.165) is 38.3 Å². The van der Waals surface area contributed by atoms with Crippen molar-refractivity contribution < 1.29 is 9.59 Å². The summed E-state index contributed by atoms with van der Waals surface area (Å²) in [5, 5.41) is 2.62. The molecule has 1 heterocycles. The zero-order chi connectivity index (χ0) is 22.1. The molecule has 1 fully saturated rings. The minimum Gasteiger partial charge on any atom is -0.355 e. The molecule has 3 rings (SSSR count). The molecule has 2 amide bonds. The lowest BCUT2D eigenvalue weighted by atomic mass is 10.1. The molecule has 0 spiro atoms. The van der Waals surface area contributed by atoms with E-state index in [4.69, 9.17) is 0 Å². The van der Waals surface area contributed by atoms with Crippen LogP contribution in [0, 0.1) is 0 Å². The molecule has 2 aromatic carbocycles. The maximum Gasteiger partial charge on any atom is 0.251 e. The van der Waals surface area contributed by atoms with E-state index in [1.807, 2.05) is 59.3 Å². The van der Waals surface area contributed by atoms with Gasteiger partial charge in [-0.3, -0.25) is 19.4 Å². The highest BCUT2D eigenvalue weighted by Gasteiger charge is 2.21. The second-order valence-corrected chi connectivity index (χ2v) is 7.94. The Morgan fingerprint density at radius 2 is 1.68 bits per heavy atom. The Balaban J connectivity index is 1.39. The van der Waals surface area contributed by atoms with Gasteiger partial charge in [0.15, 0.2) is 0 Å². The van der Waals surface area contributed by atoms with Crippen molar-refractivity contribution in [2.75, 3.05) is 53.4 Å². The Kier molecular flexibility index (Phi) is 8.38. The summed E-state index contributed by atoms with van der Waals surface area (Å²) >= 11 is 0. The number of benzene rings is 2. The molecule has 2 aromatic rings. The van der Waals surface area contributed by atoms with Crippen LogP contribution in [0.5, 0.6) is 0 Å². The van der Waals surface area contributed by atoms with Crippen molar-refractivity contribution in [1.29, 1.82) is 0 Å². The number of hydrogen-bond acceptors (Lipinski definition) is 4. The highest BCUT2D eigenvalue weighted by Crippen LogP contribution is 2.09. The molecule has 31 heavy (non-hydrogen) atoms. The summed E-state index contributed by atoms with van der Waals surface area (Å²) in [5.41, 5.74) is 2.93. The molecule has 0 bridgehead atoms. The second-order valence-electron chi connectivity index (χ2n) is 7.94. The zero-order valence-electron chi connectivity index (χ0n) is 18.5. The van der Waals surface area contributed by atoms with Crippen LogP contribution in [0.1, 0.15) is 21.5 Å². The lowest BCUT2D eigenvalue weighted by Crippen LogP contribution is -2.50. The number of rotatable bonds is 8. The molecular weight excluding hydrogens is 388 g/mol. The number of carbonyl (C=O) groups excluding carboxylic acids is 2. The number of piperazine rings is 1. The molecule has 1 saturated heterocycles. The maximum atomic E-state index is 12.7.